The monoisotopic (exact) mass is 338 g/mol. The summed E-state index contributed by atoms with van der Waals surface area (Å²) in [4.78, 5) is 13.0. The predicted octanol–water partition coefficient (Wildman–Crippen LogP) is 3.23. The first kappa shape index (κ1) is 14.8. The third kappa shape index (κ3) is 2.34. The Kier molecular flexibility index (Phi) is 3.50. The fourth-order valence-corrected chi connectivity index (χ4v) is 3.09. The van der Waals surface area contributed by atoms with E-state index in [2.05, 4.69) is 5.10 Å². The smallest absolute Gasteiger partial charge is 0.286 e. The van der Waals surface area contributed by atoms with Crippen LogP contribution in [0.3, 0.4) is 0 Å². The van der Waals surface area contributed by atoms with Crippen molar-refractivity contribution in [1.29, 1.82) is 0 Å². The minimum atomic E-state index is -0.0934. The summed E-state index contributed by atoms with van der Waals surface area (Å²) in [6, 6.07) is 19.2. The van der Waals surface area contributed by atoms with Gasteiger partial charge in [0, 0.05) is 13.1 Å². The molecule has 4 aromatic rings. The van der Waals surface area contributed by atoms with Gasteiger partial charge >= 0.3 is 5.69 Å². The summed E-state index contributed by atoms with van der Waals surface area (Å²) in [5.41, 5.74) is 3.24. The molecule has 0 atom stereocenters. The van der Waals surface area contributed by atoms with Crippen LogP contribution in [0, 0.1) is 0 Å². The molecule has 0 aliphatic heterocycles. The molecule has 24 heavy (non-hydrogen) atoms. The molecule has 0 aliphatic carbocycles. The number of aromatic nitrogens is 4. The van der Waals surface area contributed by atoms with E-state index in [4.69, 9.17) is 11.6 Å². The van der Waals surface area contributed by atoms with E-state index in [-0.39, 0.29) is 5.69 Å². The highest BCUT2D eigenvalue weighted by atomic mass is 35.5. The van der Waals surface area contributed by atoms with Gasteiger partial charge in [-0.15, -0.1) is 0 Å². The number of nitrogens with zero attached hydrogens (tertiary/aromatic N) is 4. The fourth-order valence-electron chi connectivity index (χ4n) is 2.93. The average molecular weight is 339 g/mol. The van der Waals surface area contributed by atoms with Gasteiger partial charge in [0.1, 0.15) is 5.15 Å². The van der Waals surface area contributed by atoms with Crippen molar-refractivity contribution in [2.24, 2.45) is 7.05 Å². The van der Waals surface area contributed by atoms with E-state index in [0.717, 1.165) is 22.4 Å². The van der Waals surface area contributed by atoms with E-state index in [9.17, 15) is 4.79 Å². The second-order valence-corrected chi connectivity index (χ2v) is 6.00. The van der Waals surface area contributed by atoms with Gasteiger partial charge in [-0.1, -0.05) is 41.9 Å². The van der Waals surface area contributed by atoms with Crippen molar-refractivity contribution in [2.45, 2.75) is 6.54 Å². The molecule has 0 fully saturated rings. The van der Waals surface area contributed by atoms with Gasteiger partial charge in [0.05, 0.1) is 29.0 Å². The maximum absolute atomic E-state index is 13.0. The predicted molar refractivity (Wildman–Crippen MR) is 94.9 cm³/mol. The summed E-state index contributed by atoms with van der Waals surface area (Å²) < 4.78 is 5.04. The zero-order valence-corrected chi connectivity index (χ0v) is 13.8. The zero-order chi connectivity index (χ0) is 16.7. The van der Waals surface area contributed by atoms with E-state index >= 15 is 0 Å². The Morgan fingerprint density at radius 2 is 1.67 bits per heavy atom. The van der Waals surface area contributed by atoms with Crippen LogP contribution in [0.4, 0.5) is 0 Å². The normalized spacial score (nSPS) is 11.2. The van der Waals surface area contributed by atoms with Crippen LogP contribution in [0.15, 0.2) is 65.5 Å². The number of rotatable bonds is 3. The number of hydrogen-bond acceptors (Lipinski definition) is 2. The van der Waals surface area contributed by atoms with Crippen molar-refractivity contribution in [2.75, 3.05) is 0 Å². The minimum Gasteiger partial charge on any atom is -0.286 e. The lowest BCUT2D eigenvalue weighted by Crippen LogP contribution is -2.23. The maximum atomic E-state index is 13.0. The maximum Gasteiger partial charge on any atom is 0.334 e. The number of benzene rings is 2. The van der Waals surface area contributed by atoms with Crippen LogP contribution in [-0.4, -0.2) is 18.9 Å². The van der Waals surface area contributed by atoms with Crippen molar-refractivity contribution < 1.29 is 0 Å². The molecule has 120 valence electrons. The molecule has 2 heterocycles. The van der Waals surface area contributed by atoms with Crippen molar-refractivity contribution in [3.63, 3.8) is 0 Å². The van der Waals surface area contributed by atoms with Gasteiger partial charge in [0.15, 0.2) is 0 Å². The SMILES string of the molecule is Cn1nc(Cn2c(=O)n(-c3ccccc3)c3ccccc32)cc1Cl. The Bertz CT molecular complexity index is 1060. The molecule has 0 bridgehead atoms. The minimum absolute atomic E-state index is 0.0934. The standard InChI is InChI=1S/C18H15ClN4O/c1-21-17(19)11-13(20-21)12-22-15-9-5-6-10-16(15)23(18(22)24)14-7-3-2-4-8-14/h2-11H,12H2,1H3. The van der Waals surface area contributed by atoms with Crippen LogP contribution >= 0.6 is 11.6 Å². The van der Waals surface area contributed by atoms with Crippen molar-refractivity contribution in [3.05, 3.63) is 82.0 Å². The summed E-state index contributed by atoms with van der Waals surface area (Å²) >= 11 is 6.06. The van der Waals surface area contributed by atoms with Gasteiger partial charge < -0.3 is 0 Å². The highest BCUT2D eigenvalue weighted by Crippen LogP contribution is 2.19. The quantitative estimate of drug-likeness (QED) is 0.575. The second kappa shape index (κ2) is 5.69. The van der Waals surface area contributed by atoms with Gasteiger partial charge in [0.2, 0.25) is 0 Å². The number of halogens is 1. The van der Waals surface area contributed by atoms with Crippen LogP contribution < -0.4 is 5.69 Å². The molecule has 0 spiro atoms. The number of imidazole rings is 1. The van der Waals surface area contributed by atoms with Crippen LogP contribution in [-0.2, 0) is 13.6 Å². The molecule has 0 saturated carbocycles. The van der Waals surface area contributed by atoms with Crippen molar-refractivity contribution in [3.8, 4) is 5.69 Å². The first-order valence-electron chi connectivity index (χ1n) is 7.59. The van der Waals surface area contributed by atoms with Crippen molar-refractivity contribution >= 4 is 22.6 Å². The molecule has 0 N–H and O–H groups in total. The second-order valence-electron chi connectivity index (χ2n) is 5.61. The van der Waals surface area contributed by atoms with E-state index < -0.39 is 0 Å². The third-order valence-electron chi connectivity index (χ3n) is 4.04. The van der Waals surface area contributed by atoms with E-state index in [0.29, 0.717) is 11.7 Å². The largest absolute Gasteiger partial charge is 0.334 e. The van der Waals surface area contributed by atoms with Gasteiger partial charge in [-0.2, -0.15) is 5.10 Å². The Morgan fingerprint density at radius 1 is 1.00 bits per heavy atom. The first-order chi connectivity index (χ1) is 11.6. The highest BCUT2D eigenvalue weighted by molar-refractivity contribution is 6.29. The summed E-state index contributed by atoms with van der Waals surface area (Å²) in [5, 5.41) is 4.90. The third-order valence-corrected chi connectivity index (χ3v) is 4.40. The molecule has 5 nitrogen and oxygen atoms in total. The molecule has 2 aromatic carbocycles. The zero-order valence-electron chi connectivity index (χ0n) is 13.1. The highest BCUT2D eigenvalue weighted by Gasteiger charge is 2.15. The van der Waals surface area contributed by atoms with Gasteiger partial charge in [-0.25, -0.2) is 4.79 Å². The lowest BCUT2D eigenvalue weighted by Gasteiger charge is -2.02. The molecule has 6 heteroatoms. The van der Waals surface area contributed by atoms with Crippen LogP contribution in [0.2, 0.25) is 5.15 Å². The van der Waals surface area contributed by atoms with Crippen LogP contribution in [0.5, 0.6) is 0 Å². The molecule has 0 aliphatic rings. The molecule has 0 radical (unpaired) electrons. The molecule has 0 amide bonds. The molecule has 0 saturated heterocycles. The average Bonchev–Trinajstić information content (AvgIpc) is 3.06. The fraction of sp³-hybridized carbons (Fsp3) is 0.111. The lowest BCUT2D eigenvalue weighted by atomic mass is 10.3. The van der Waals surface area contributed by atoms with Gasteiger partial charge in [-0.05, 0) is 24.3 Å². The van der Waals surface area contributed by atoms with Gasteiger partial charge in [0.25, 0.3) is 0 Å². The van der Waals surface area contributed by atoms with Crippen LogP contribution in [0.25, 0.3) is 16.7 Å². The number of para-hydroxylation sites is 3. The molecule has 0 unspecified atom stereocenters. The Hall–Kier alpha value is -2.79. The summed E-state index contributed by atoms with van der Waals surface area (Å²) in [6.07, 6.45) is 0. The van der Waals surface area contributed by atoms with Gasteiger partial charge in [-0.3, -0.25) is 13.8 Å². The van der Waals surface area contributed by atoms with E-state index in [1.165, 1.54) is 0 Å². The summed E-state index contributed by atoms with van der Waals surface area (Å²) in [6.45, 7) is 0.375. The number of aryl methyl sites for hydroxylation is 1. The molecular formula is C18H15ClN4O. The Labute approximate surface area is 143 Å². The Morgan fingerprint density at radius 3 is 2.33 bits per heavy atom. The molecule has 2 aromatic heterocycles. The van der Waals surface area contributed by atoms with E-state index in [1.807, 2.05) is 54.6 Å². The molecular weight excluding hydrogens is 324 g/mol. The summed E-state index contributed by atoms with van der Waals surface area (Å²) in [7, 11) is 1.78. The first-order valence-corrected chi connectivity index (χ1v) is 7.97. The number of hydrogen-bond donors (Lipinski definition) is 0. The summed E-state index contributed by atoms with van der Waals surface area (Å²) in [5.74, 6) is 0. The Balaban J connectivity index is 1.93. The lowest BCUT2D eigenvalue weighted by molar-refractivity contribution is 0.697. The molecule has 4 rings (SSSR count). The topological polar surface area (TPSA) is 44.8 Å². The number of fused-ring (bicyclic) bond motifs is 1. The van der Waals surface area contributed by atoms with Crippen LogP contribution in [0.1, 0.15) is 5.69 Å². The van der Waals surface area contributed by atoms with E-state index in [1.54, 1.807) is 26.9 Å². The van der Waals surface area contributed by atoms with Crippen molar-refractivity contribution in [1.82, 2.24) is 18.9 Å².